The Balaban J connectivity index is 2.54. The van der Waals surface area contributed by atoms with Crippen LogP contribution in [-0.4, -0.2) is 11.3 Å². The summed E-state index contributed by atoms with van der Waals surface area (Å²) in [5.41, 5.74) is 6.57. The van der Waals surface area contributed by atoms with Crippen LogP contribution in [-0.2, 0) is 0 Å². The monoisotopic (exact) mass is 134 g/mol. The number of nitrogens with zero attached hydrogens (tertiary/aromatic N) is 2. The van der Waals surface area contributed by atoms with Crippen LogP contribution in [0.2, 0.25) is 0 Å². The molecule has 0 unspecified atom stereocenters. The van der Waals surface area contributed by atoms with Crippen LogP contribution in [0.3, 0.4) is 0 Å². The van der Waals surface area contributed by atoms with Gasteiger partial charge >= 0.3 is 0 Å². The minimum absolute atomic E-state index is 0.723. The van der Waals surface area contributed by atoms with E-state index < -0.39 is 0 Å². The maximum Gasteiger partial charge on any atom is 0.178 e. The zero-order valence-corrected chi connectivity index (χ0v) is 5.20. The van der Waals surface area contributed by atoms with Crippen LogP contribution >= 0.6 is 0 Å². The number of fused-ring (bicyclic) bond motifs is 1. The number of nitrogens with one attached hydrogen (secondary N) is 2. The Morgan fingerprint density at radius 1 is 1.40 bits per heavy atom. The van der Waals surface area contributed by atoms with Gasteiger partial charge in [-0.05, 0) is 12.1 Å². The molecule has 0 bridgehead atoms. The van der Waals surface area contributed by atoms with Crippen LogP contribution in [0.15, 0.2) is 23.3 Å². The number of rotatable bonds is 0. The Bertz CT molecular complexity index is 268. The smallest absolute Gasteiger partial charge is 0.178 e. The molecule has 4 heteroatoms. The van der Waals surface area contributed by atoms with Gasteiger partial charge in [-0.2, -0.15) is 0 Å². The summed E-state index contributed by atoms with van der Waals surface area (Å²) >= 11 is 0. The molecule has 50 valence electrons. The zero-order chi connectivity index (χ0) is 6.81. The number of hydrogen-bond donors (Lipinski definition) is 2. The summed E-state index contributed by atoms with van der Waals surface area (Å²) in [6.45, 7) is 0. The molecule has 1 aliphatic heterocycles. The summed E-state index contributed by atoms with van der Waals surface area (Å²) in [5, 5.41) is 0. The van der Waals surface area contributed by atoms with E-state index in [0.29, 0.717) is 0 Å². The molecule has 1 aliphatic rings. The fourth-order valence-electron chi connectivity index (χ4n) is 0.801. The molecule has 0 aliphatic carbocycles. The van der Waals surface area contributed by atoms with Gasteiger partial charge in [-0.25, -0.2) is 9.98 Å². The number of hydrazine groups is 1. The van der Waals surface area contributed by atoms with Gasteiger partial charge < -0.3 is 0 Å². The van der Waals surface area contributed by atoms with E-state index in [1.807, 2.05) is 12.1 Å². The maximum absolute atomic E-state index is 4.02. The lowest BCUT2D eigenvalue weighted by Gasteiger charge is -2.10. The Morgan fingerprint density at radius 3 is 3.30 bits per heavy atom. The standard InChI is InChI=1S/C6H6N4/c1-2-5-6(7-3-1)8-4-9-10-5/h1-4,10H,(H,7,8,9). The minimum Gasteiger partial charge on any atom is -0.296 e. The molecule has 0 saturated heterocycles. The van der Waals surface area contributed by atoms with Gasteiger partial charge in [0.05, 0.1) is 5.69 Å². The topological polar surface area (TPSA) is 49.3 Å². The summed E-state index contributed by atoms with van der Waals surface area (Å²) in [5.74, 6) is 0.723. The molecule has 0 radical (unpaired) electrons. The highest BCUT2D eigenvalue weighted by molar-refractivity contribution is 5.73. The summed E-state index contributed by atoms with van der Waals surface area (Å²) in [7, 11) is 0. The molecular weight excluding hydrogens is 128 g/mol. The third-order valence-electron chi connectivity index (χ3n) is 1.24. The van der Waals surface area contributed by atoms with Crippen molar-refractivity contribution in [2.75, 3.05) is 5.43 Å². The molecule has 0 atom stereocenters. The van der Waals surface area contributed by atoms with Gasteiger partial charge in [0.25, 0.3) is 0 Å². The predicted octanol–water partition coefficient (Wildman–Crippen LogP) is 0.671. The average Bonchev–Trinajstić information content (AvgIpc) is 2.05. The third-order valence-corrected chi connectivity index (χ3v) is 1.24. The van der Waals surface area contributed by atoms with Gasteiger partial charge in [0, 0.05) is 6.20 Å². The lowest BCUT2D eigenvalue weighted by Crippen LogP contribution is -2.22. The summed E-state index contributed by atoms with van der Waals surface area (Å²) in [6.07, 6.45) is 3.28. The van der Waals surface area contributed by atoms with Crippen LogP contribution < -0.4 is 10.9 Å². The van der Waals surface area contributed by atoms with E-state index in [-0.39, 0.29) is 0 Å². The first-order chi connectivity index (χ1) is 4.97. The van der Waals surface area contributed by atoms with E-state index in [1.165, 1.54) is 0 Å². The van der Waals surface area contributed by atoms with Crippen LogP contribution in [0.25, 0.3) is 0 Å². The second kappa shape index (κ2) is 1.98. The highest BCUT2D eigenvalue weighted by Crippen LogP contribution is 2.20. The molecule has 1 aromatic rings. The molecule has 1 aromatic heterocycles. The molecule has 0 saturated carbocycles. The Morgan fingerprint density at radius 2 is 2.40 bits per heavy atom. The molecule has 4 nitrogen and oxygen atoms in total. The minimum atomic E-state index is 0.723. The predicted molar refractivity (Wildman–Crippen MR) is 39.1 cm³/mol. The van der Waals surface area contributed by atoms with E-state index in [1.54, 1.807) is 12.5 Å². The fourth-order valence-corrected chi connectivity index (χ4v) is 0.801. The molecular formula is C6H6N4. The van der Waals surface area contributed by atoms with Crippen molar-refractivity contribution >= 4 is 17.8 Å². The molecule has 2 rings (SSSR count). The number of pyridine rings is 1. The molecule has 0 aromatic carbocycles. The van der Waals surface area contributed by atoms with E-state index in [0.717, 1.165) is 11.5 Å². The first-order valence-corrected chi connectivity index (χ1v) is 2.96. The van der Waals surface area contributed by atoms with Crippen molar-refractivity contribution in [3.8, 4) is 0 Å². The lowest BCUT2D eigenvalue weighted by atomic mass is 10.4. The van der Waals surface area contributed by atoms with Crippen molar-refractivity contribution in [3.05, 3.63) is 18.3 Å². The largest absolute Gasteiger partial charge is 0.296 e. The third kappa shape index (κ3) is 0.699. The molecule has 2 N–H and O–H groups in total. The number of hydrogen-bond acceptors (Lipinski definition) is 4. The Kier molecular flexibility index (Phi) is 1.04. The summed E-state index contributed by atoms with van der Waals surface area (Å²) < 4.78 is 0. The summed E-state index contributed by atoms with van der Waals surface area (Å²) in [6, 6.07) is 3.76. The first-order valence-electron chi connectivity index (χ1n) is 2.96. The average molecular weight is 134 g/mol. The van der Waals surface area contributed by atoms with E-state index >= 15 is 0 Å². The number of aromatic nitrogens is 1. The van der Waals surface area contributed by atoms with Crippen LogP contribution in [0.1, 0.15) is 0 Å². The zero-order valence-electron chi connectivity index (χ0n) is 5.20. The van der Waals surface area contributed by atoms with Crippen LogP contribution in [0.4, 0.5) is 11.5 Å². The van der Waals surface area contributed by atoms with Crippen molar-refractivity contribution in [1.82, 2.24) is 10.4 Å². The van der Waals surface area contributed by atoms with Crippen molar-refractivity contribution in [2.24, 2.45) is 4.99 Å². The second-order valence-corrected chi connectivity index (χ2v) is 1.90. The molecule has 0 fully saturated rings. The summed E-state index contributed by atoms with van der Waals surface area (Å²) in [4.78, 5) is 8.00. The van der Waals surface area contributed by atoms with Crippen molar-refractivity contribution in [1.29, 1.82) is 0 Å². The van der Waals surface area contributed by atoms with E-state index in [2.05, 4.69) is 20.8 Å². The molecule has 0 amide bonds. The van der Waals surface area contributed by atoms with Crippen molar-refractivity contribution in [2.45, 2.75) is 0 Å². The van der Waals surface area contributed by atoms with Gasteiger partial charge in [-0.15, -0.1) is 0 Å². The van der Waals surface area contributed by atoms with E-state index in [9.17, 15) is 0 Å². The fraction of sp³-hybridized carbons (Fsp3) is 0. The SMILES string of the molecule is C1=Nc2ncccc2NN1. The highest BCUT2D eigenvalue weighted by atomic mass is 15.4. The second-order valence-electron chi connectivity index (χ2n) is 1.90. The van der Waals surface area contributed by atoms with Crippen molar-refractivity contribution < 1.29 is 0 Å². The van der Waals surface area contributed by atoms with Gasteiger partial charge in [0.15, 0.2) is 5.82 Å². The number of anilines is 1. The van der Waals surface area contributed by atoms with Gasteiger partial charge in [-0.3, -0.25) is 10.9 Å². The normalized spacial score (nSPS) is 13.2. The molecule has 2 heterocycles. The molecule has 0 spiro atoms. The van der Waals surface area contributed by atoms with Crippen molar-refractivity contribution in [3.63, 3.8) is 0 Å². The first kappa shape index (κ1) is 5.22. The maximum atomic E-state index is 4.02. The Labute approximate surface area is 58.0 Å². The van der Waals surface area contributed by atoms with Gasteiger partial charge in [0.1, 0.15) is 6.34 Å². The lowest BCUT2D eigenvalue weighted by molar-refractivity contribution is 1.09. The van der Waals surface area contributed by atoms with Crippen LogP contribution in [0, 0.1) is 0 Å². The Hall–Kier alpha value is -1.58. The van der Waals surface area contributed by atoms with Crippen LogP contribution in [0.5, 0.6) is 0 Å². The quantitative estimate of drug-likeness (QED) is 0.548. The number of aliphatic imine (C=N–C) groups is 1. The molecule has 10 heavy (non-hydrogen) atoms. The highest BCUT2D eigenvalue weighted by Gasteiger charge is 2.01. The van der Waals surface area contributed by atoms with E-state index in [4.69, 9.17) is 0 Å². The van der Waals surface area contributed by atoms with Gasteiger partial charge in [0.2, 0.25) is 0 Å². The van der Waals surface area contributed by atoms with Gasteiger partial charge in [-0.1, -0.05) is 0 Å².